The van der Waals surface area contributed by atoms with Crippen LogP contribution in [0.5, 0.6) is 0 Å². The van der Waals surface area contributed by atoms with E-state index in [0.717, 1.165) is 11.8 Å². The molecule has 0 saturated carbocycles. The third-order valence-electron chi connectivity index (χ3n) is 3.45. The molecule has 1 atom stereocenters. The fraction of sp³-hybridized carbons (Fsp3) is 0.167. The van der Waals surface area contributed by atoms with Crippen LogP contribution in [0.3, 0.4) is 0 Å². The number of nitrogens with zero attached hydrogens (tertiary/aromatic N) is 1. The van der Waals surface area contributed by atoms with E-state index < -0.39 is 23.8 Å². The molecule has 0 bridgehead atoms. The van der Waals surface area contributed by atoms with Gasteiger partial charge in [0.2, 0.25) is 0 Å². The quantitative estimate of drug-likeness (QED) is 0.441. The van der Waals surface area contributed by atoms with Gasteiger partial charge in [0.05, 0.1) is 5.69 Å². The number of oxazole rings is 1. The molecule has 0 radical (unpaired) electrons. The van der Waals surface area contributed by atoms with E-state index in [4.69, 9.17) is 9.15 Å². The van der Waals surface area contributed by atoms with Crippen LogP contribution in [-0.4, -0.2) is 28.7 Å². The van der Waals surface area contributed by atoms with Crippen molar-refractivity contribution in [2.75, 3.05) is 11.1 Å². The van der Waals surface area contributed by atoms with Crippen LogP contribution in [0.15, 0.2) is 56.6 Å². The predicted molar refractivity (Wildman–Crippen MR) is 103 cm³/mol. The molecule has 2 aromatic carbocycles. The molecule has 0 aliphatic rings. The summed E-state index contributed by atoms with van der Waals surface area (Å²) in [6.45, 7) is 1.41. The van der Waals surface area contributed by atoms with E-state index in [1.165, 1.54) is 19.1 Å². The second-order valence-corrected chi connectivity index (χ2v) is 7.32. The summed E-state index contributed by atoms with van der Waals surface area (Å²) < 4.78 is 24.9. The van der Waals surface area contributed by atoms with Crippen molar-refractivity contribution in [3.63, 3.8) is 0 Å². The normalized spacial score (nSPS) is 12.0. The maximum atomic E-state index is 13.8. The molecule has 0 saturated heterocycles. The minimum absolute atomic E-state index is 0.00643. The number of esters is 1. The largest absolute Gasteiger partial charge is 0.452 e. The topological polar surface area (TPSA) is 81.4 Å². The molecular formula is C18H14BrFN2O4S. The Labute approximate surface area is 166 Å². The number of hydrogen-bond acceptors (Lipinski definition) is 6. The van der Waals surface area contributed by atoms with Gasteiger partial charge >= 0.3 is 5.97 Å². The average Bonchev–Trinajstić information content (AvgIpc) is 3.05. The number of thioether (sulfide) groups is 1. The zero-order valence-electron chi connectivity index (χ0n) is 14.1. The van der Waals surface area contributed by atoms with Crippen molar-refractivity contribution < 1.29 is 23.1 Å². The Hall–Kier alpha value is -2.39. The minimum Gasteiger partial charge on any atom is -0.452 e. The summed E-state index contributed by atoms with van der Waals surface area (Å²) in [7, 11) is 0. The first-order chi connectivity index (χ1) is 12.9. The second kappa shape index (κ2) is 8.53. The highest BCUT2D eigenvalue weighted by atomic mass is 79.9. The molecule has 0 fully saturated rings. The Morgan fingerprint density at radius 2 is 2.11 bits per heavy atom. The highest BCUT2D eigenvalue weighted by Gasteiger charge is 2.20. The summed E-state index contributed by atoms with van der Waals surface area (Å²) in [6, 6.07) is 11.5. The molecule has 1 N–H and O–H groups in total. The molecular weight excluding hydrogens is 439 g/mol. The van der Waals surface area contributed by atoms with Gasteiger partial charge in [0.15, 0.2) is 11.7 Å². The zero-order valence-corrected chi connectivity index (χ0v) is 16.5. The van der Waals surface area contributed by atoms with Crippen LogP contribution in [-0.2, 0) is 14.3 Å². The molecule has 27 heavy (non-hydrogen) atoms. The summed E-state index contributed by atoms with van der Waals surface area (Å²) in [5.41, 5.74) is 1.32. The lowest BCUT2D eigenvalue weighted by molar-refractivity contribution is -0.150. The van der Waals surface area contributed by atoms with Gasteiger partial charge in [-0.05, 0) is 37.3 Å². The van der Waals surface area contributed by atoms with E-state index >= 15 is 0 Å². The van der Waals surface area contributed by atoms with Gasteiger partial charge in [0.25, 0.3) is 11.1 Å². The molecule has 3 rings (SSSR count). The zero-order chi connectivity index (χ0) is 19.4. The number of rotatable bonds is 6. The van der Waals surface area contributed by atoms with Crippen molar-refractivity contribution in [3.05, 3.63) is 52.8 Å². The maximum absolute atomic E-state index is 13.8. The van der Waals surface area contributed by atoms with Crippen LogP contribution in [0, 0.1) is 5.82 Å². The summed E-state index contributed by atoms with van der Waals surface area (Å²) >= 11 is 4.20. The van der Waals surface area contributed by atoms with Gasteiger partial charge < -0.3 is 14.5 Å². The summed E-state index contributed by atoms with van der Waals surface area (Å²) in [5.74, 6) is -1.91. The van der Waals surface area contributed by atoms with Crippen molar-refractivity contribution in [3.8, 4) is 0 Å². The molecule has 1 aromatic heterocycles. The molecule has 1 heterocycles. The maximum Gasteiger partial charge on any atom is 0.317 e. The third-order valence-corrected chi connectivity index (χ3v) is 4.75. The van der Waals surface area contributed by atoms with Gasteiger partial charge in [0, 0.05) is 4.47 Å². The fourth-order valence-electron chi connectivity index (χ4n) is 2.14. The van der Waals surface area contributed by atoms with Crippen molar-refractivity contribution in [2.45, 2.75) is 18.3 Å². The molecule has 140 valence electrons. The lowest BCUT2D eigenvalue weighted by Crippen LogP contribution is -2.30. The number of hydrogen-bond donors (Lipinski definition) is 1. The van der Waals surface area contributed by atoms with Gasteiger partial charge in [-0.15, -0.1) is 0 Å². The number of anilines is 1. The second-order valence-electron chi connectivity index (χ2n) is 5.48. The van der Waals surface area contributed by atoms with Gasteiger partial charge in [-0.25, -0.2) is 9.37 Å². The number of ether oxygens (including phenoxy) is 1. The van der Waals surface area contributed by atoms with Crippen molar-refractivity contribution in [1.29, 1.82) is 0 Å². The molecule has 1 amide bonds. The number of fused-ring (bicyclic) bond motifs is 1. The first-order valence-corrected chi connectivity index (χ1v) is 9.64. The minimum atomic E-state index is -1.08. The van der Waals surface area contributed by atoms with E-state index in [9.17, 15) is 14.0 Å². The SMILES string of the molecule is CC(OC(=O)CSc1nc2ccccc2o1)C(=O)Nc1ccc(Br)cc1F. The standard InChI is InChI=1S/C18H14BrFN2O4S/c1-10(17(24)21-13-7-6-11(19)8-12(13)20)25-16(23)9-27-18-22-14-4-2-3-5-15(14)26-18/h2-8,10H,9H2,1H3,(H,21,24). The van der Waals surface area contributed by atoms with Crippen LogP contribution >= 0.6 is 27.7 Å². The Morgan fingerprint density at radius 1 is 1.33 bits per heavy atom. The molecule has 0 aliphatic carbocycles. The van der Waals surface area contributed by atoms with Gasteiger partial charge in [-0.3, -0.25) is 9.59 Å². The highest BCUT2D eigenvalue weighted by molar-refractivity contribution is 9.10. The molecule has 9 heteroatoms. The average molecular weight is 453 g/mol. The van der Waals surface area contributed by atoms with E-state index in [2.05, 4.69) is 26.2 Å². The van der Waals surface area contributed by atoms with E-state index in [0.29, 0.717) is 20.8 Å². The lowest BCUT2D eigenvalue weighted by atomic mass is 10.3. The number of nitrogens with one attached hydrogen (secondary N) is 1. The van der Waals surface area contributed by atoms with Crippen molar-refractivity contribution >= 4 is 56.4 Å². The number of benzene rings is 2. The van der Waals surface area contributed by atoms with Crippen molar-refractivity contribution in [2.24, 2.45) is 0 Å². The number of carbonyl (C=O) groups excluding carboxylic acids is 2. The fourth-order valence-corrected chi connectivity index (χ4v) is 3.10. The van der Waals surface area contributed by atoms with Crippen LogP contribution < -0.4 is 5.32 Å². The van der Waals surface area contributed by atoms with E-state index in [-0.39, 0.29) is 11.4 Å². The summed E-state index contributed by atoms with van der Waals surface area (Å²) in [6.07, 6.45) is -1.08. The monoisotopic (exact) mass is 452 g/mol. The number of carbonyl (C=O) groups is 2. The first kappa shape index (κ1) is 19.4. The smallest absolute Gasteiger partial charge is 0.317 e. The van der Waals surface area contributed by atoms with Gasteiger partial charge in [-0.1, -0.05) is 39.8 Å². The Balaban J connectivity index is 1.51. The molecule has 3 aromatic rings. The van der Waals surface area contributed by atoms with Gasteiger partial charge in [-0.2, -0.15) is 0 Å². The predicted octanol–water partition coefficient (Wildman–Crippen LogP) is 4.39. The van der Waals surface area contributed by atoms with Crippen LogP contribution in [0.4, 0.5) is 10.1 Å². The lowest BCUT2D eigenvalue weighted by Gasteiger charge is -2.13. The highest BCUT2D eigenvalue weighted by Crippen LogP contribution is 2.23. The molecule has 0 spiro atoms. The van der Waals surface area contributed by atoms with E-state index in [1.54, 1.807) is 18.2 Å². The van der Waals surface area contributed by atoms with Crippen LogP contribution in [0.25, 0.3) is 11.1 Å². The number of aromatic nitrogens is 1. The third kappa shape index (κ3) is 5.08. The van der Waals surface area contributed by atoms with Crippen molar-refractivity contribution in [1.82, 2.24) is 4.98 Å². The molecule has 1 unspecified atom stereocenters. The molecule has 0 aliphatic heterocycles. The number of amides is 1. The number of para-hydroxylation sites is 2. The number of halogens is 2. The van der Waals surface area contributed by atoms with Crippen LogP contribution in [0.1, 0.15) is 6.92 Å². The van der Waals surface area contributed by atoms with Gasteiger partial charge in [0.1, 0.15) is 17.1 Å². The molecule has 6 nitrogen and oxygen atoms in total. The first-order valence-electron chi connectivity index (χ1n) is 7.86. The van der Waals surface area contributed by atoms with E-state index in [1.807, 2.05) is 12.1 Å². The Morgan fingerprint density at radius 3 is 2.85 bits per heavy atom. The Kier molecular flexibility index (Phi) is 6.12. The summed E-state index contributed by atoms with van der Waals surface area (Å²) in [4.78, 5) is 28.2. The summed E-state index contributed by atoms with van der Waals surface area (Å²) in [5, 5.41) is 2.72. The Bertz CT molecular complexity index is 961. The van der Waals surface area contributed by atoms with Crippen LogP contribution in [0.2, 0.25) is 0 Å².